The third-order valence-electron chi connectivity index (χ3n) is 4.29. The highest BCUT2D eigenvalue weighted by atomic mass is 35.5. The van der Waals surface area contributed by atoms with E-state index in [0.717, 1.165) is 30.7 Å². The van der Waals surface area contributed by atoms with E-state index in [1.54, 1.807) is 0 Å². The minimum Gasteiger partial charge on any atom is -0.335 e. The summed E-state index contributed by atoms with van der Waals surface area (Å²) in [6.45, 7) is 0.781. The molecule has 116 valence electrons. The summed E-state index contributed by atoms with van der Waals surface area (Å²) in [4.78, 5) is 15.7. The molecular weight excluding hydrogens is 314 g/mol. The van der Waals surface area contributed by atoms with Crippen molar-refractivity contribution in [3.05, 3.63) is 57.2 Å². The fourth-order valence-electron chi connectivity index (χ4n) is 3.13. The fourth-order valence-corrected chi connectivity index (χ4v) is 4.13. The summed E-state index contributed by atoms with van der Waals surface area (Å²) in [6.07, 6.45) is 5.61. The molecule has 2 nitrogen and oxygen atoms in total. The lowest BCUT2D eigenvalue weighted by molar-refractivity contribution is 0.0689. The van der Waals surface area contributed by atoms with E-state index in [1.165, 1.54) is 29.7 Å². The minimum absolute atomic E-state index is 0.139. The van der Waals surface area contributed by atoms with Crippen LogP contribution in [0.15, 0.2) is 42.5 Å². The van der Waals surface area contributed by atoms with Gasteiger partial charge in [-0.25, -0.2) is 0 Å². The number of halogens is 1. The van der Waals surface area contributed by atoms with Crippen LogP contribution in [0.3, 0.4) is 0 Å². The molecule has 1 aliphatic carbocycles. The van der Waals surface area contributed by atoms with Crippen molar-refractivity contribution in [2.75, 3.05) is 6.54 Å². The Balaban J connectivity index is 1.73. The van der Waals surface area contributed by atoms with Gasteiger partial charge in [-0.05, 0) is 37.0 Å². The van der Waals surface area contributed by atoms with Crippen LogP contribution in [0.2, 0.25) is 4.34 Å². The predicted octanol–water partition coefficient (Wildman–Crippen LogP) is 5.03. The second-order valence-electron chi connectivity index (χ2n) is 5.78. The number of rotatable bonds is 5. The molecule has 1 aliphatic rings. The van der Waals surface area contributed by atoms with Gasteiger partial charge in [0.15, 0.2) is 0 Å². The van der Waals surface area contributed by atoms with Gasteiger partial charge in [0.25, 0.3) is 5.91 Å². The zero-order valence-corrected chi connectivity index (χ0v) is 14.1. The third kappa shape index (κ3) is 3.71. The van der Waals surface area contributed by atoms with Crippen molar-refractivity contribution in [2.45, 2.75) is 38.1 Å². The Labute approximate surface area is 140 Å². The van der Waals surface area contributed by atoms with E-state index in [-0.39, 0.29) is 5.91 Å². The maximum absolute atomic E-state index is 12.8. The normalized spacial score (nSPS) is 15.1. The fraction of sp³-hybridized carbons (Fsp3) is 0.389. The van der Waals surface area contributed by atoms with Crippen molar-refractivity contribution in [1.82, 2.24) is 4.90 Å². The van der Waals surface area contributed by atoms with Crippen molar-refractivity contribution in [3.8, 4) is 0 Å². The zero-order chi connectivity index (χ0) is 15.4. The smallest absolute Gasteiger partial charge is 0.264 e. The summed E-state index contributed by atoms with van der Waals surface area (Å²) in [6, 6.07) is 14.4. The van der Waals surface area contributed by atoms with Gasteiger partial charge in [-0.1, -0.05) is 54.8 Å². The Morgan fingerprint density at radius 1 is 1.14 bits per heavy atom. The molecule has 0 radical (unpaired) electrons. The quantitative estimate of drug-likeness (QED) is 0.751. The lowest BCUT2D eigenvalue weighted by atomic mass is 10.1. The number of hydrogen-bond donors (Lipinski definition) is 0. The Kier molecular flexibility index (Phi) is 5.16. The Morgan fingerprint density at radius 2 is 1.86 bits per heavy atom. The molecule has 1 heterocycles. The lowest BCUT2D eigenvalue weighted by Crippen LogP contribution is -2.39. The molecular formula is C18H20ClNOS. The van der Waals surface area contributed by atoms with Crippen molar-refractivity contribution >= 4 is 28.8 Å². The molecule has 1 aromatic carbocycles. The molecule has 1 saturated carbocycles. The van der Waals surface area contributed by atoms with E-state index in [1.807, 2.05) is 18.2 Å². The Hall–Kier alpha value is -1.32. The molecule has 4 heteroatoms. The van der Waals surface area contributed by atoms with E-state index in [2.05, 4.69) is 29.2 Å². The summed E-state index contributed by atoms with van der Waals surface area (Å²) in [5.74, 6) is 0.139. The summed E-state index contributed by atoms with van der Waals surface area (Å²) < 4.78 is 0.679. The molecule has 1 fully saturated rings. The van der Waals surface area contributed by atoms with Crippen molar-refractivity contribution in [1.29, 1.82) is 0 Å². The van der Waals surface area contributed by atoms with Crippen LogP contribution in [-0.2, 0) is 6.42 Å². The van der Waals surface area contributed by atoms with Crippen molar-refractivity contribution in [2.24, 2.45) is 0 Å². The molecule has 0 saturated heterocycles. The maximum atomic E-state index is 12.8. The first-order valence-electron chi connectivity index (χ1n) is 7.84. The highest BCUT2D eigenvalue weighted by Gasteiger charge is 2.27. The summed E-state index contributed by atoms with van der Waals surface area (Å²) in [5.41, 5.74) is 1.28. The molecule has 2 aromatic rings. The zero-order valence-electron chi connectivity index (χ0n) is 12.5. The van der Waals surface area contributed by atoms with Crippen LogP contribution in [-0.4, -0.2) is 23.4 Å². The van der Waals surface area contributed by atoms with Crippen LogP contribution in [0.4, 0.5) is 0 Å². The number of thiophene rings is 1. The van der Waals surface area contributed by atoms with Gasteiger partial charge in [-0.15, -0.1) is 11.3 Å². The average Bonchev–Trinajstić information content (AvgIpc) is 3.20. The molecule has 0 N–H and O–H groups in total. The van der Waals surface area contributed by atoms with Crippen LogP contribution in [0.5, 0.6) is 0 Å². The van der Waals surface area contributed by atoms with Crippen LogP contribution in [0.25, 0.3) is 0 Å². The lowest BCUT2D eigenvalue weighted by Gasteiger charge is -2.28. The van der Waals surface area contributed by atoms with Crippen LogP contribution in [0.1, 0.15) is 40.9 Å². The molecule has 0 spiro atoms. The number of carbonyl (C=O) groups excluding carboxylic acids is 1. The monoisotopic (exact) mass is 333 g/mol. The third-order valence-corrected chi connectivity index (χ3v) is 5.51. The number of hydrogen-bond acceptors (Lipinski definition) is 2. The average molecular weight is 334 g/mol. The highest BCUT2D eigenvalue weighted by Crippen LogP contribution is 2.28. The van der Waals surface area contributed by atoms with E-state index in [4.69, 9.17) is 11.6 Å². The maximum Gasteiger partial charge on any atom is 0.264 e. The number of nitrogens with zero attached hydrogens (tertiary/aromatic N) is 1. The molecule has 0 atom stereocenters. The first-order chi connectivity index (χ1) is 10.7. The van der Waals surface area contributed by atoms with Crippen molar-refractivity contribution in [3.63, 3.8) is 0 Å². The Morgan fingerprint density at radius 3 is 2.50 bits per heavy atom. The van der Waals surface area contributed by atoms with E-state index >= 15 is 0 Å². The predicted molar refractivity (Wildman–Crippen MR) is 92.8 cm³/mol. The van der Waals surface area contributed by atoms with Gasteiger partial charge in [0.1, 0.15) is 0 Å². The molecule has 22 heavy (non-hydrogen) atoms. The second kappa shape index (κ2) is 7.30. The van der Waals surface area contributed by atoms with Gasteiger partial charge < -0.3 is 4.90 Å². The molecule has 0 bridgehead atoms. The van der Waals surface area contributed by atoms with Gasteiger partial charge >= 0.3 is 0 Å². The van der Waals surface area contributed by atoms with E-state index in [0.29, 0.717) is 10.4 Å². The first kappa shape index (κ1) is 15.6. The number of amides is 1. The molecule has 0 aliphatic heterocycles. The van der Waals surface area contributed by atoms with E-state index < -0.39 is 0 Å². The Bertz CT molecular complexity index is 619. The summed E-state index contributed by atoms with van der Waals surface area (Å²) >= 11 is 7.37. The number of carbonyl (C=O) groups is 1. The summed E-state index contributed by atoms with van der Waals surface area (Å²) in [7, 11) is 0. The van der Waals surface area contributed by atoms with Crippen molar-refractivity contribution < 1.29 is 4.79 Å². The molecule has 1 aromatic heterocycles. The highest BCUT2D eigenvalue weighted by molar-refractivity contribution is 7.17. The second-order valence-corrected chi connectivity index (χ2v) is 7.49. The molecule has 0 unspecified atom stereocenters. The number of benzene rings is 1. The van der Waals surface area contributed by atoms with E-state index in [9.17, 15) is 4.79 Å². The van der Waals surface area contributed by atoms with Gasteiger partial charge in [0, 0.05) is 12.6 Å². The van der Waals surface area contributed by atoms with Gasteiger partial charge in [-0.2, -0.15) is 0 Å². The largest absolute Gasteiger partial charge is 0.335 e. The topological polar surface area (TPSA) is 20.3 Å². The van der Waals surface area contributed by atoms with Crippen LogP contribution in [0, 0.1) is 0 Å². The molecule has 1 amide bonds. The van der Waals surface area contributed by atoms with Crippen LogP contribution < -0.4 is 0 Å². The molecule has 3 rings (SSSR count). The summed E-state index contributed by atoms with van der Waals surface area (Å²) in [5, 5.41) is 0. The van der Waals surface area contributed by atoms with Gasteiger partial charge in [0.2, 0.25) is 0 Å². The van der Waals surface area contributed by atoms with Crippen LogP contribution >= 0.6 is 22.9 Å². The SMILES string of the molecule is O=C(c1ccc(Cl)s1)N(CCc1ccccc1)C1CCCC1. The minimum atomic E-state index is 0.139. The first-order valence-corrected chi connectivity index (χ1v) is 9.04. The standard InChI is InChI=1S/C18H20ClNOS/c19-17-11-10-16(22-17)18(21)20(15-8-4-5-9-15)13-12-14-6-2-1-3-7-14/h1-3,6-7,10-11,15H,4-5,8-9,12-13H2. The van der Waals surface area contributed by atoms with Gasteiger partial charge in [-0.3, -0.25) is 4.79 Å². The van der Waals surface area contributed by atoms with Gasteiger partial charge in [0.05, 0.1) is 9.21 Å².